The van der Waals surface area contributed by atoms with Gasteiger partial charge in [-0.1, -0.05) is 160 Å². The van der Waals surface area contributed by atoms with E-state index in [9.17, 15) is 28.3 Å². The van der Waals surface area contributed by atoms with Gasteiger partial charge in [0, 0.05) is 72.7 Å². The number of carboxylic acids is 1. The molecule has 3 N–H and O–H groups in total. The number of hydrogen-bond donors (Lipinski definition) is 3. The van der Waals surface area contributed by atoms with E-state index >= 15 is 0 Å². The van der Waals surface area contributed by atoms with Crippen molar-refractivity contribution in [2.45, 2.75) is 101 Å². The number of nitriles is 1. The number of aromatic amines is 2. The first-order valence-electron chi connectivity index (χ1n) is 33.0. The van der Waals surface area contributed by atoms with Crippen molar-refractivity contribution >= 4 is 92.4 Å². The van der Waals surface area contributed by atoms with Gasteiger partial charge >= 0.3 is 12.1 Å². The molecule has 6 heterocycles. The van der Waals surface area contributed by atoms with Crippen molar-refractivity contribution in [2.24, 2.45) is 11.8 Å². The molecule has 0 saturated carbocycles. The van der Waals surface area contributed by atoms with Gasteiger partial charge in [-0.3, -0.25) is 0 Å². The Hall–Kier alpha value is -10.8. The van der Waals surface area contributed by atoms with E-state index in [1.807, 2.05) is 30.3 Å². The molecule has 0 amide bonds. The quantitative estimate of drug-likeness (QED) is 0.0505. The molecule has 2 aliphatic rings. The zero-order valence-corrected chi connectivity index (χ0v) is 55.5. The Morgan fingerprint density at radius 2 is 0.969 bits per heavy atom. The third-order valence-electron chi connectivity index (χ3n) is 18.9. The minimum Gasteiger partial charge on any atom is -0.477 e. The van der Waals surface area contributed by atoms with E-state index in [0.717, 1.165) is 180 Å². The van der Waals surface area contributed by atoms with Gasteiger partial charge in [0.2, 0.25) is 0 Å². The van der Waals surface area contributed by atoms with Crippen LogP contribution < -0.4 is 0 Å². The van der Waals surface area contributed by atoms with Crippen LogP contribution in [0.5, 0.6) is 0 Å². The highest BCUT2D eigenvalue weighted by Gasteiger charge is 2.31. The number of aryl methyl sites for hydroxylation is 7. The van der Waals surface area contributed by atoms with Crippen LogP contribution in [0.25, 0.3) is 142 Å². The van der Waals surface area contributed by atoms with Gasteiger partial charge in [-0.2, -0.15) is 18.4 Å². The molecule has 1 atom stereocenters. The third kappa shape index (κ3) is 12.8. The molecule has 11 heteroatoms. The first-order valence-corrected chi connectivity index (χ1v) is 33.0. The van der Waals surface area contributed by atoms with Crippen molar-refractivity contribution in [1.29, 1.82) is 5.26 Å². The second-order valence-corrected chi connectivity index (χ2v) is 26.6. The first kappa shape index (κ1) is 63.9. The molecule has 8 nitrogen and oxygen atoms in total. The summed E-state index contributed by atoms with van der Waals surface area (Å²) in [6.45, 7) is 20.6. The van der Waals surface area contributed by atoms with Gasteiger partial charge in [-0.05, 0) is 223 Å². The summed E-state index contributed by atoms with van der Waals surface area (Å²) in [6.07, 6.45) is 14.2. The van der Waals surface area contributed by atoms with Gasteiger partial charge in [0.15, 0.2) is 0 Å². The molecule has 1 unspecified atom stereocenters. The van der Waals surface area contributed by atoms with Crippen LogP contribution in [-0.2, 0) is 17.5 Å². The molecule has 0 aliphatic carbocycles. The number of H-pyrrole nitrogens is 2. The highest BCUT2D eigenvalue weighted by Crippen LogP contribution is 2.43. The van der Waals surface area contributed by atoms with E-state index in [0.29, 0.717) is 23.0 Å². The van der Waals surface area contributed by atoms with Crippen LogP contribution in [0.1, 0.15) is 125 Å². The molecule has 0 saturated heterocycles. The minimum absolute atomic E-state index is 0.355. The number of benzene rings is 7. The zero-order chi connectivity index (χ0) is 67.3. The van der Waals surface area contributed by atoms with Gasteiger partial charge in [0.25, 0.3) is 0 Å². The van der Waals surface area contributed by atoms with Crippen LogP contribution in [0, 0.1) is 64.7 Å². The number of carboxylic acid groups (broad SMARTS) is 1. The Morgan fingerprint density at radius 3 is 1.47 bits per heavy atom. The molecule has 0 fully saturated rings. The predicted octanol–water partition coefficient (Wildman–Crippen LogP) is 23.0. The van der Waals surface area contributed by atoms with Crippen LogP contribution in [0.2, 0.25) is 0 Å². The van der Waals surface area contributed by atoms with Crippen molar-refractivity contribution in [3.05, 3.63) is 242 Å². The molecule has 96 heavy (non-hydrogen) atoms. The van der Waals surface area contributed by atoms with Crippen LogP contribution in [0.3, 0.4) is 0 Å². The molecule has 2 aliphatic heterocycles. The topological polar surface area (TPSA) is 123 Å². The first-order chi connectivity index (χ1) is 46.2. The van der Waals surface area contributed by atoms with Crippen molar-refractivity contribution in [1.82, 2.24) is 24.5 Å². The fourth-order valence-corrected chi connectivity index (χ4v) is 14.4. The number of rotatable bonds is 16. The highest BCUT2D eigenvalue weighted by atomic mass is 19.4. The van der Waals surface area contributed by atoms with E-state index in [4.69, 9.17) is 9.97 Å². The molecular weight excluding hydrogens is 1190 g/mol. The Labute approximate surface area is 558 Å². The number of carbonyl (C=O) groups is 1. The molecule has 478 valence electrons. The Balaban J connectivity index is 0.962. The van der Waals surface area contributed by atoms with Gasteiger partial charge < -0.3 is 19.6 Å². The van der Waals surface area contributed by atoms with Crippen LogP contribution in [-0.4, -0.2) is 35.6 Å². The largest absolute Gasteiger partial charge is 0.477 e. The summed E-state index contributed by atoms with van der Waals surface area (Å²) in [7, 11) is 0. The molecule has 13 rings (SSSR count). The number of halogens is 3. The number of fused-ring (bicyclic) bond motifs is 11. The van der Waals surface area contributed by atoms with E-state index in [-0.39, 0.29) is 5.57 Å². The fourth-order valence-electron chi connectivity index (χ4n) is 14.4. The maximum Gasteiger partial charge on any atom is 0.416 e. The zero-order valence-electron chi connectivity index (χ0n) is 55.5. The SMILES string of the molecule is Cc1cc(C)c(-c2c3nc(c(-c4ccc(/C=C/c5ccc6c(c5)c5cc(-c7cccc(C(F)(F)F)c7)ccc5n6CCC(C)CCCC(C)C)cc4)c4ccc([nH]4)c(-c4c(C)cc(C)cc4C)c4nc(c(-c5ccc(/C=C(/C#N)C(=O)O)cc5)c5ccc2[nH]5)C=C4)C=C3)c(C)c1. The number of aliphatic carboxylic acids is 1. The van der Waals surface area contributed by atoms with Crippen LogP contribution >= 0.6 is 0 Å². The molecule has 0 radical (unpaired) electrons. The Morgan fingerprint density at radius 1 is 0.521 bits per heavy atom. The van der Waals surface area contributed by atoms with Crippen molar-refractivity contribution in [2.75, 3.05) is 0 Å². The third-order valence-corrected chi connectivity index (χ3v) is 18.9. The van der Waals surface area contributed by atoms with E-state index < -0.39 is 17.7 Å². The highest BCUT2D eigenvalue weighted by molar-refractivity contribution is 6.10. The molecular formula is C85H75F3N6O2. The van der Waals surface area contributed by atoms with E-state index in [1.54, 1.807) is 12.1 Å². The van der Waals surface area contributed by atoms with Crippen molar-refractivity contribution in [3.63, 3.8) is 0 Å². The summed E-state index contributed by atoms with van der Waals surface area (Å²) in [6, 6.07) is 53.5. The average molecular weight is 1270 g/mol. The van der Waals surface area contributed by atoms with Crippen LogP contribution in [0.15, 0.2) is 163 Å². The molecule has 7 aromatic carbocycles. The summed E-state index contributed by atoms with van der Waals surface area (Å²) in [4.78, 5) is 30.9. The standard InChI is InChI=1S/C85H75F3N6O2/c1-49(2)12-10-13-50(3)38-39-94-76-36-22-59(45-66(76)67-47-63(27-37-77(67)94)62-14-11-15-65(46-62)85(86,87)88)17-16-57-18-23-60(24-19-57)80-68-28-32-72(90-68)82(78-53(6)40-51(4)41-54(78)7)74-34-30-70(92-74)81(61-25-20-58(21-26-61)44-64(48-89)84(95)96)71-31-35-75(93-71)83(73-33-29-69(80)91-73)79-55(8)42-52(5)43-56(79)9/h11,14-37,40-47,49-50,90,93H,10,12-13,38-39H2,1-9H3,(H,95,96)/b17-16+,64-44-,80-68?,80-69?,81-70?,81-71?,82-72?,82-74?,83-73?,83-75?. The second kappa shape index (κ2) is 26.2. The van der Waals surface area contributed by atoms with Gasteiger partial charge in [-0.15, -0.1) is 0 Å². The van der Waals surface area contributed by atoms with Crippen molar-refractivity contribution < 1.29 is 23.1 Å². The molecule has 11 aromatic rings. The summed E-state index contributed by atoms with van der Waals surface area (Å²) in [5.74, 6) is -0.0751. The number of alkyl halides is 3. The molecule has 4 aromatic heterocycles. The van der Waals surface area contributed by atoms with Gasteiger partial charge in [0.1, 0.15) is 11.6 Å². The lowest BCUT2D eigenvalue weighted by atomic mass is 9.92. The smallest absolute Gasteiger partial charge is 0.416 e. The summed E-state index contributed by atoms with van der Waals surface area (Å²) < 4.78 is 44.4. The summed E-state index contributed by atoms with van der Waals surface area (Å²) >= 11 is 0. The lowest BCUT2D eigenvalue weighted by Crippen LogP contribution is -2.04. The Bertz CT molecular complexity index is 5190. The van der Waals surface area contributed by atoms with Crippen LogP contribution in [0.4, 0.5) is 13.2 Å². The molecule has 0 spiro atoms. The molecule has 8 bridgehead atoms. The minimum atomic E-state index is -4.45. The number of nitrogens with one attached hydrogen (secondary N) is 2. The maximum absolute atomic E-state index is 14.0. The number of nitrogens with zero attached hydrogens (tertiary/aromatic N) is 4. The number of aromatic nitrogens is 5. The lowest BCUT2D eigenvalue weighted by molar-refractivity contribution is -0.137. The summed E-state index contributed by atoms with van der Waals surface area (Å²) in [5.41, 5.74) is 25.8. The average Bonchev–Trinajstić information content (AvgIpc) is 1.59. The normalized spacial score (nSPS) is 12.9. The maximum atomic E-state index is 14.0. The fraction of sp³-hybridized carbons (Fsp3) is 0.200. The Kier molecular flexibility index (Phi) is 17.4. The van der Waals surface area contributed by atoms with Gasteiger partial charge in [0.05, 0.1) is 28.3 Å². The second-order valence-electron chi connectivity index (χ2n) is 26.6. The van der Waals surface area contributed by atoms with E-state index in [1.165, 1.54) is 37.5 Å². The van der Waals surface area contributed by atoms with Crippen molar-refractivity contribution in [3.8, 4) is 61.7 Å². The van der Waals surface area contributed by atoms with E-state index in [2.05, 4.69) is 216 Å². The number of hydrogen-bond acceptors (Lipinski definition) is 4. The van der Waals surface area contributed by atoms with Gasteiger partial charge in [-0.25, -0.2) is 14.8 Å². The predicted molar refractivity (Wildman–Crippen MR) is 392 cm³/mol. The summed E-state index contributed by atoms with van der Waals surface area (Å²) in [5, 5.41) is 21.3. The lowest BCUT2D eigenvalue weighted by Gasteiger charge is -2.14. The monoisotopic (exact) mass is 1270 g/mol.